The molecule has 158 valence electrons. The SMILES string of the molecule is N=CN1CCC2CN(C(=O)C(O)(c3ccccc3)C3CCC(F)(F)C3)CC2CC1. The lowest BCUT2D eigenvalue weighted by Crippen LogP contribution is -2.50. The van der Waals surface area contributed by atoms with Crippen LogP contribution in [0.5, 0.6) is 0 Å². The molecular formula is C22H29F2N3O2. The van der Waals surface area contributed by atoms with Crippen LogP contribution < -0.4 is 0 Å². The lowest BCUT2D eigenvalue weighted by atomic mass is 9.79. The molecule has 7 heteroatoms. The quantitative estimate of drug-likeness (QED) is 0.598. The summed E-state index contributed by atoms with van der Waals surface area (Å²) in [5.41, 5.74) is -1.50. The minimum Gasteiger partial charge on any atom is -0.375 e. The average Bonchev–Trinajstić information content (AvgIpc) is 3.25. The van der Waals surface area contributed by atoms with E-state index in [1.165, 1.54) is 6.34 Å². The molecule has 2 saturated heterocycles. The second-order valence-electron chi connectivity index (χ2n) is 8.90. The van der Waals surface area contributed by atoms with Crippen LogP contribution in [-0.4, -0.2) is 59.3 Å². The summed E-state index contributed by atoms with van der Waals surface area (Å²) < 4.78 is 28.0. The molecule has 4 unspecified atom stereocenters. The first kappa shape index (κ1) is 20.3. The van der Waals surface area contributed by atoms with E-state index in [1.54, 1.807) is 35.2 Å². The van der Waals surface area contributed by atoms with Gasteiger partial charge in [0.15, 0.2) is 5.60 Å². The fourth-order valence-corrected chi connectivity index (χ4v) is 5.44. The van der Waals surface area contributed by atoms with Gasteiger partial charge in [0.2, 0.25) is 5.92 Å². The van der Waals surface area contributed by atoms with E-state index < -0.39 is 29.8 Å². The molecule has 4 rings (SSSR count). The predicted octanol–water partition coefficient (Wildman–Crippen LogP) is 3.09. The molecule has 0 spiro atoms. The zero-order valence-electron chi connectivity index (χ0n) is 16.6. The number of amides is 1. The molecule has 29 heavy (non-hydrogen) atoms. The number of hydrogen-bond acceptors (Lipinski definition) is 3. The molecule has 5 nitrogen and oxygen atoms in total. The van der Waals surface area contributed by atoms with Crippen molar-refractivity contribution in [1.29, 1.82) is 5.41 Å². The number of likely N-dealkylation sites (tertiary alicyclic amines) is 2. The zero-order chi connectivity index (χ0) is 20.6. The van der Waals surface area contributed by atoms with Gasteiger partial charge in [-0.2, -0.15) is 0 Å². The lowest BCUT2D eigenvalue weighted by Gasteiger charge is -2.36. The Labute approximate surface area is 170 Å². The summed E-state index contributed by atoms with van der Waals surface area (Å²) in [6.45, 7) is 2.69. The first-order valence-electron chi connectivity index (χ1n) is 10.5. The molecule has 1 saturated carbocycles. The third-order valence-corrected chi connectivity index (χ3v) is 7.15. The van der Waals surface area contributed by atoms with E-state index in [0.717, 1.165) is 25.9 Å². The highest BCUT2D eigenvalue weighted by Crippen LogP contribution is 2.48. The van der Waals surface area contributed by atoms with Gasteiger partial charge in [-0.1, -0.05) is 30.3 Å². The number of benzene rings is 1. The van der Waals surface area contributed by atoms with Gasteiger partial charge in [-0.3, -0.25) is 10.2 Å². The van der Waals surface area contributed by atoms with Crippen molar-refractivity contribution in [1.82, 2.24) is 9.80 Å². The molecule has 3 fully saturated rings. The summed E-state index contributed by atoms with van der Waals surface area (Å²) in [7, 11) is 0. The minimum atomic E-state index is -2.83. The molecule has 0 aromatic heterocycles. The number of aliphatic hydroxyl groups is 1. The van der Waals surface area contributed by atoms with Gasteiger partial charge in [-0.15, -0.1) is 0 Å². The molecule has 0 bridgehead atoms. The van der Waals surface area contributed by atoms with Crippen molar-refractivity contribution < 1.29 is 18.7 Å². The molecule has 4 atom stereocenters. The Morgan fingerprint density at radius 1 is 1.14 bits per heavy atom. The van der Waals surface area contributed by atoms with Crippen molar-refractivity contribution in [3.63, 3.8) is 0 Å². The lowest BCUT2D eigenvalue weighted by molar-refractivity contribution is -0.159. The minimum absolute atomic E-state index is 0.138. The summed E-state index contributed by atoms with van der Waals surface area (Å²) in [6, 6.07) is 8.61. The van der Waals surface area contributed by atoms with Gasteiger partial charge in [-0.25, -0.2) is 8.78 Å². The number of carbonyl (C=O) groups excluding carboxylic acids is 1. The molecule has 1 aromatic rings. The average molecular weight is 405 g/mol. The molecule has 3 aliphatic rings. The van der Waals surface area contributed by atoms with Crippen LogP contribution in [0.15, 0.2) is 30.3 Å². The van der Waals surface area contributed by atoms with Crippen LogP contribution in [0.25, 0.3) is 0 Å². The molecule has 0 radical (unpaired) electrons. The Balaban J connectivity index is 1.58. The van der Waals surface area contributed by atoms with Gasteiger partial charge in [0.1, 0.15) is 0 Å². The molecule has 2 heterocycles. The van der Waals surface area contributed by atoms with Crippen LogP contribution in [-0.2, 0) is 10.4 Å². The maximum Gasteiger partial charge on any atom is 0.259 e. The van der Waals surface area contributed by atoms with Crippen molar-refractivity contribution >= 4 is 12.2 Å². The summed E-state index contributed by atoms with van der Waals surface area (Å²) >= 11 is 0. The molecule has 2 aliphatic heterocycles. The topological polar surface area (TPSA) is 67.6 Å². The fraction of sp³-hybridized carbons (Fsp3) is 0.636. The maximum atomic E-state index is 14.0. The number of hydrogen-bond donors (Lipinski definition) is 2. The summed E-state index contributed by atoms with van der Waals surface area (Å²) in [5, 5.41) is 19.1. The third-order valence-electron chi connectivity index (χ3n) is 7.15. The number of alkyl halides is 2. The summed E-state index contributed by atoms with van der Waals surface area (Å²) in [6.07, 6.45) is 2.56. The summed E-state index contributed by atoms with van der Waals surface area (Å²) in [4.78, 5) is 17.3. The van der Waals surface area contributed by atoms with Gasteiger partial charge >= 0.3 is 0 Å². The van der Waals surface area contributed by atoms with Gasteiger partial charge in [0.25, 0.3) is 5.91 Å². The van der Waals surface area contributed by atoms with Crippen molar-refractivity contribution in [3.05, 3.63) is 35.9 Å². The number of rotatable bonds is 4. The van der Waals surface area contributed by atoms with Crippen molar-refractivity contribution in [3.8, 4) is 0 Å². The van der Waals surface area contributed by atoms with Crippen LogP contribution in [0.3, 0.4) is 0 Å². The molecular weight excluding hydrogens is 376 g/mol. The molecule has 1 amide bonds. The van der Waals surface area contributed by atoms with Gasteiger partial charge in [0, 0.05) is 44.9 Å². The van der Waals surface area contributed by atoms with Crippen LogP contribution in [0.1, 0.15) is 37.7 Å². The Kier molecular flexibility index (Phi) is 5.36. The number of nitrogens with one attached hydrogen (secondary N) is 1. The predicted molar refractivity (Wildman–Crippen MR) is 106 cm³/mol. The largest absolute Gasteiger partial charge is 0.375 e. The highest BCUT2D eigenvalue weighted by Gasteiger charge is 2.55. The maximum absolute atomic E-state index is 14.0. The second kappa shape index (κ2) is 7.67. The van der Waals surface area contributed by atoms with Crippen LogP contribution in [0, 0.1) is 23.2 Å². The van der Waals surface area contributed by atoms with Crippen LogP contribution in [0.4, 0.5) is 8.78 Å². The fourth-order valence-electron chi connectivity index (χ4n) is 5.44. The molecule has 1 aliphatic carbocycles. The van der Waals surface area contributed by atoms with Crippen molar-refractivity contribution in [2.45, 2.75) is 43.6 Å². The van der Waals surface area contributed by atoms with E-state index in [1.807, 2.05) is 4.90 Å². The van der Waals surface area contributed by atoms with E-state index in [-0.39, 0.29) is 12.8 Å². The number of carbonyl (C=O) groups is 1. The number of halogens is 2. The van der Waals surface area contributed by atoms with Crippen molar-refractivity contribution in [2.75, 3.05) is 26.2 Å². The Bertz CT molecular complexity index is 744. The highest BCUT2D eigenvalue weighted by atomic mass is 19.3. The Hall–Kier alpha value is -2.02. The number of fused-ring (bicyclic) bond motifs is 1. The van der Waals surface area contributed by atoms with Gasteiger partial charge in [-0.05, 0) is 36.7 Å². The normalized spacial score (nSPS) is 31.1. The van der Waals surface area contributed by atoms with Crippen LogP contribution >= 0.6 is 0 Å². The monoisotopic (exact) mass is 405 g/mol. The van der Waals surface area contributed by atoms with E-state index in [0.29, 0.717) is 30.5 Å². The number of nitrogens with zero attached hydrogens (tertiary/aromatic N) is 2. The Morgan fingerprint density at radius 3 is 2.28 bits per heavy atom. The van der Waals surface area contributed by atoms with Gasteiger partial charge in [0.05, 0.1) is 6.34 Å². The smallest absolute Gasteiger partial charge is 0.259 e. The molecule has 1 aromatic carbocycles. The first-order valence-corrected chi connectivity index (χ1v) is 10.5. The third kappa shape index (κ3) is 3.77. The van der Waals surface area contributed by atoms with E-state index >= 15 is 0 Å². The van der Waals surface area contributed by atoms with Crippen LogP contribution in [0.2, 0.25) is 0 Å². The van der Waals surface area contributed by atoms with E-state index in [9.17, 15) is 18.7 Å². The van der Waals surface area contributed by atoms with Gasteiger partial charge < -0.3 is 14.9 Å². The van der Waals surface area contributed by atoms with Crippen molar-refractivity contribution in [2.24, 2.45) is 17.8 Å². The standard InChI is InChI=1S/C22H29F2N3O2/c23-21(24)9-6-19(12-21)22(29,18-4-2-1-3-5-18)20(28)27-13-16-7-10-26(15-25)11-8-17(16)14-27/h1-5,15-17,19,25,29H,6-14H2. The van der Waals surface area contributed by atoms with E-state index in [4.69, 9.17) is 5.41 Å². The Morgan fingerprint density at radius 2 is 1.76 bits per heavy atom. The second-order valence-corrected chi connectivity index (χ2v) is 8.90. The van der Waals surface area contributed by atoms with E-state index in [2.05, 4.69) is 0 Å². The first-order chi connectivity index (χ1) is 13.8. The zero-order valence-corrected chi connectivity index (χ0v) is 16.6. The summed E-state index contributed by atoms with van der Waals surface area (Å²) in [5.74, 6) is -3.39. The molecule has 2 N–H and O–H groups in total. The highest BCUT2D eigenvalue weighted by molar-refractivity contribution is 5.87.